The lowest BCUT2D eigenvalue weighted by Crippen LogP contribution is -2.36. The second-order valence-electron chi connectivity index (χ2n) is 7.43. The molecule has 1 aliphatic rings. The summed E-state index contributed by atoms with van der Waals surface area (Å²) in [4.78, 5) is 15.0. The van der Waals surface area contributed by atoms with Crippen molar-refractivity contribution in [1.82, 2.24) is 19.8 Å². The Labute approximate surface area is 168 Å². The molecular formula is C23H22N4O2. The molecule has 2 aromatic carbocycles. The molecule has 0 unspecified atom stereocenters. The van der Waals surface area contributed by atoms with Gasteiger partial charge in [-0.1, -0.05) is 54.5 Å². The summed E-state index contributed by atoms with van der Waals surface area (Å²) < 4.78 is 7.34. The van der Waals surface area contributed by atoms with Crippen molar-refractivity contribution in [2.24, 2.45) is 7.05 Å². The van der Waals surface area contributed by atoms with E-state index in [0.29, 0.717) is 25.2 Å². The van der Waals surface area contributed by atoms with Crippen molar-refractivity contribution in [3.05, 3.63) is 71.2 Å². The molecule has 5 rings (SSSR count). The van der Waals surface area contributed by atoms with Crippen LogP contribution in [0.15, 0.2) is 53.1 Å². The van der Waals surface area contributed by atoms with E-state index in [1.807, 2.05) is 43.1 Å². The number of aryl methyl sites for hydroxylation is 2. The lowest BCUT2D eigenvalue weighted by molar-refractivity contribution is 0.0718. The van der Waals surface area contributed by atoms with E-state index < -0.39 is 0 Å². The molecule has 2 aromatic heterocycles. The van der Waals surface area contributed by atoms with Crippen LogP contribution in [0.25, 0.3) is 22.0 Å². The van der Waals surface area contributed by atoms with Gasteiger partial charge in [0, 0.05) is 31.1 Å². The van der Waals surface area contributed by atoms with Crippen molar-refractivity contribution < 1.29 is 9.32 Å². The molecule has 0 radical (unpaired) electrons. The number of carbonyl (C=O) groups is 1. The van der Waals surface area contributed by atoms with Crippen molar-refractivity contribution in [3.8, 4) is 11.3 Å². The summed E-state index contributed by atoms with van der Waals surface area (Å²) in [6, 6.07) is 16.3. The van der Waals surface area contributed by atoms with Crippen molar-refractivity contribution >= 4 is 16.7 Å². The first kappa shape index (κ1) is 17.7. The molecule has 0 saturated carbocycles. The molecule has 29 heavy (non-hydrogen) atoms. The largest absolute Gasteiger partial charge is 0.360 e. The van der Waals surface area contributed by atoms with Crippen LogP contribution in [0.3, 0.4) is 0 Å². The van der Waals surface area contributed by atoms with Gasteiger partial charge in [0.2, 0.25) is 0 Å². The number of aromatic nitrogens is 3. The average molecular weight is 386 g/mol. The van der Waals surface area contributed by atoms with E-state index >= 15 is 0 Å². The van der Waals surface area contributed by atoms with Crippen LogP contribution in [0.4, 0.5) is 0 Å². The third kappa shape index (κ3) is 2.92. The number of carbonyl (C=O) groups excluding carboxylic acids is 1. The van der Waals surface area contributed by atoms with E-state index in [0.717, 1.165) is 45.5 Å². The standard InChI is InChI=1S/C23H22N4O2/c1-3-16-13-20(26(2)24-16)23(28)27-12-11-21-19(14-27)22(25-29-21)18-10-6-8-15-7-4-5-9-17(15)18/h4-10,13H,3,11-12,14H2,1-2H3. The van der Waals surface area contributed by atoms with E-state index in [-0.39, 0.29) is 5.91 Å². The molecule has 146 valence electrons. The van der Waals surface area contributed by atoms with Gasteiger partial charge in [-0.3, -0.25) is 9.48 Å². The average Bonchev–Trinajstić information content (AvgIpc) is 3.35. The number of benzene rings is 2. The maximum absolute atomic E-state index is 13.2. The maximum Gasteiger partial charge on any atom is 0.272 e. The zero-order chi connectivity index (χ0) is 20.0. The minimum Gasteiger partial charge on any atom is -0.360 e. The molecule has 0 bridgehead atoms. The molecule has 6 heteroatoms. The fourth-order valence-electron chi connectivity index (χ4n) is 4.09. The predicted molar refractivity (Wildman–Crippen MR) is 110 cm³/mol. The van der Waals surface area contributed by atoms with Crippen molar-refractivity contribution in [3.63, 3.8) is 0 Å². The Hall–Kier alpha value is -3.41. The summed E-state index contributed by atoms with van der Waals surface area (Å²) in [5.41, 5.74) is 4.41. The zero-order valence-electron chi connectivity index (χ0n) is 16.6. The van der Waals surface area contributed by atoms with Crippen LogP contribution < -0.4 is 0 Å². The smallest absolute Gasteiger partial charge is 0.272 e. The fraction of sp³-hybridized carbons (Fsp3) is 0.261. The molecule has 0 spiro atoms. The van der Waals surface area contributed by atoms with Crippen LogP contribution in [-0.4, -0.2) is 32.3 Å². The van der Waals surface area contributed by atoms with Gasteiger partial charge < -0.3 is 9.42 Å². The number of hydrogen-bond acceptors (Lipinski definition) is 4. The monoisotopic (exact) mass is 386 g/mol. The molecule has 0 saturated heterocycles. The van der Waals surface area contributed by atoms with Gasteiger partial charge in [0.25, 0.3) is 5.91 Å². The second kappa shape index (κ2) is 6.88. The van der Waals surface area contributed by atoms with Gasteiger partial charge >= 0.3 is 0 Å². The first-order valence-electron chi connectivity index (χ1n) is 9.93. The molecular weight excluding hydrogens is 364 g/mol. The lowest BCUT2D eigenvalue weighted by Gasteiger charge is -2.26. The Morgan fingerprint density at radius 3 is 2.83 bits per heavy atom. The van der Waals surface area contributed by atoms with Crippen molar-refractivity contribution in [2.75, 3.05) is 6.54 Å². The molecule has 1 aliphatic heterocycles. The Balaban J connectivity index is 1.52. The molecule has 6 nitrogen and oxygen atoms in total. The van der Waals surface area contributed by atoms with E-state index in [1.54, 1.807) is 4.68 Å². The molecule has 0 aliphatic carbocycles. The maximum atomic E-state index is 13.2. The Bertz CT molecular complexity index is 1220. The number of nitrogens with zero attached hydrogens (tertiary/aromatic N) is 4. The lowest BCUT2D eigenvalue weighted by atomic mass is 9.97. The van der Waals surface area contributed by atoms with Crippen LogP contribution in [0, 0.1) is 0 Å². The van der Waals surface area contributed by atoms with Gasteiger partial charge in [0.15, 0.2) is 0 Å². The van der Waals surface area contributed by atoms with Gasteiger partial charge in [0.1, 0.15) is 17.1 Å². The van der Waals surface area contributed by atoms with Gasteiger partial charge in [0.05, 0.1) is 12.2 Å². The van der Waals surface area contributed by atoms with E-state index in [4.69, 9.17) is 4.52 Å². The molecule has 0 atom stereocenters. The third-order valence-corrected chi connectivity index (χ3v) is 5.67. The van der Waals surface area contributed by atoms with Gasteiger partial charge in [-0.25, -0.2) is 0 Å². The highest BCUT2D eigenvalue weighted by molar-refractivity contribution is 5.97. The SMILES string of the molecule is CCc1cc(C(=O)N2CCc3onc(-c4cccc5ccccc45)c3C2)n(C)n1. The Kier molecular flexibility index (Phi) is 4.19. The van der Waals surface area contributed by atoms with E-state index in [1.165, 1.54) is 0 Å². The highest BCUT2D eigenvalue weighted by atomic mass is 16.5. The quantitative estimate of drug-likeness (QED) is 0.534. The van der Waals surface area contributed by atoms with E-state index in [2.05, 4.69) is 34.5 Å². The van der Waals surface area contributed by atoms with Crippen LogP contribution in [0.5, 0.6) is 0 Å². The number of fused-ring (bicyclic) bond motifs is 2. The number of amides is 1. The molecule has 1 amide bonds. The molecule has 3 heterocycles. The van der Waals surface area contributed by atoms with Crippen molar-refractivity contribution in [2.45, 2.75) is 26.3 Å². The first-order valence-corrected chi connectivity index (χ1v) is 9.93. The summed E-state index contributed by atoms with van der Waals surface area (Å²) in [7, 11) is 1.82. The Morgan fingerprint density at radius 1 is 1.17 bits per heavy atom. The number of hydrogen-bond donors (Lipinski definition) is 0. The summed E-state index contributed by atoms with van der Waals surface area (Å²) >= 11 is 0. The van der Waals surface area contributed by atoms with E-state index in [9.17, 15) is 4.79 Å². The fourth-order valence-corrected chi connectivity index (χ4v) is 4.09. The van der Waals surface area contributed by atoms with Crippen LogP contribution in [0.1, 0.15) is 34.4 Å². The molecule has 0 fully saturated rings. The summed E-state index contributed by atoms with van der Waals surface area (Å²) in [5, 5.41) is 11.1. The normalized spacial score (nSPS) is 13.7. The second-order valence-corrected chi connectivity index (χ2v) is 7.43. The Morgan fingerprint density at radius 2 is 2.00 bits per heavy atom. The number of rotatable bonds is 3. The van der Waals surface area contributed by atoms with Crippen LogP contribution in [-0.2, 0) is 26.4 Å². The topological polar surface area (TPSA) is 64.2 Å². The highest BCUT2D eigenvalue weighted by Gasteiger charge is 2.29. The first-order chi connectivity index (χ1) is 14.2. The third-order valence-electron chi connectivity index (χ3n) is 5.67. The molecule has 4 aromatic rings. The predicted octanol–water partition coefficient (Wildman–Crippen LogP) is 3.99. The van der Waals surface area contributed by atoms with Gasteiger partial charge in [-0.05, 0) is 23.3 Å². The summed E-state index contributed by atoms with van der Waals surface area (Å²) in [6.45, 7) is 3.14. The summed E-state index contributed by atoms with van der Waals surface area (Å²) in [6.07, 6.45) is 1.47. The van der Waals surface area contributed by atoms with Crippen LogP contribution in [0.2, 0.25) is 0 Å². The summed E-state index contributed by atoms with van der Waals surface area (Å²) in [5.74, 6) is 0.867. The van der Waals surface area contributed by atoms with Crippen molar-refractivity contribution in [1.29, 1.82) is 0 Å². The van der Waals surface area contributed by atoms with Gasteiger partial charge in [-0.2, -0.15) is 5.10 Å². The van der Waals surface area contributed by atoms with Crippen LogP contribution >= 0.6 is 0 Å². The minimum absolute atomic E-state index is 0.00424. The minimum atomic E-state index is -0.00424. The molecule has 0 N–H and O–H groups in total. The van der Waals surface area contributed by atoms with Gasteiger partial charge in [-0.15, -0.1) is 0 Å². The highest BCUT2D eigenvalue weighted by Crippen LogP contribution is 2.34. The zero-order valence-corrected chi connectivity index (χ0v) is 16.6.